The molecule has 2 aromatic rings. The SMILES string of the molecule is O=c1cc(O)nc(Cc2cccc(Br)c2)[nH]1. The second-order valence-corrected chi connectivity index (χ2v) is 4.27. The maximum Gasteiger partial charge on any atom is 0.254 e. The lowest BCUT2D eigenvalue weighted by molar-refractivity contribution is 0.448. The van der Waals surface area contributed by atoms with Crippen molar-refractivity contribution < 1.29 is 5.11 Å². The summed E-state index contributed by atoms with van der Waals surface area (Å²) in [5.41, 5.74) is 0.653. The topological polar surface area (TPSA) is 66.0 Å². The van der Waals surface area contributed by atoms with Gasteiger partial charge >= 0.3 is 0 Å². The molecule has 0 unspecified atom stereocenters. The summed E-state index contributed by atoms with van der Waals surface area (Å²) in [5, 5.41) is 9.19. The van der Waals surface area contributed by atoms with Gasteiger partial charge in [-0.05, 0) is 17.7 Å². The number of nitrogens with zero attached hydrogens (tertiary/aromatic N) is 1. The molecule has 1 heterocycles. The zero-order valence-electron chi connectivity index (χ0n) is 8.27. The van der Waals surface area contributed by atoms with Gasteiger partial charge in [-0.1, -0.05) is 28.1 Å². The Kier molecular flexibility index (Phi) is 3.05. The highest BCUT2D eigenvalue weighted by molar-refractivity contribution is 9.10. The zero-order valence-corrected chi connectivity index (χ0v) is 9.86. The summed E-state index contributed by atoms with van der Waals surface area (Å²) in [5.74, 6) is 0.192. The molecular weight excluding hydrogens is 272 g/mol. The fraction of sp³-hybridized carbons (Fsp3) is 0.0909. The van der Waals surface area contributed by atoms with Crippen molar-refractivity contribution in [3.63, 3.8) is 0 Å². The second-order valence-electron chi connectivity index (χ2n) is 3.36. The molecule has 4 nitrogen and oxygen atoms in total. The third kappa shape index (κ3) is 2.70. The lowest BCUT2D eigenvalue weighted by atomic mass is 10.1. The number of hydrogen-bond donors (Lipinski definition) is 2. The van der Waals surface area contributed by atoms with E-state index in [1.165, 1.54) is 0 Å². The van der Waals surface area contributed by atoms with Crippen molar-refractivity contribution in [1.82, 2.24) is 9.97 Å². The minimum atomic E-state index is -0.350. The molecule has 0 atom stereocenters. The van der Waals surface area contributed by atoms with Gasteiger partial charge in [-0.15, -0.1) is 0 Å². The molecule has 0 amide bonds. The first-order valence-corrected chi connectivity index (χ1v) is 5.46. The highest BCUT2D eigenvalue weighted by Gasteiger charge is 2.01. The van der Waals surface area contributed by atoms with Crippen LogP contribution in [0.4, 0.5) is 0 Å². The van der Waals surface area contributed by atoms with E-state index in [0.717, 1.165) is 16.1 Å². The van der Waals surface area contributed by atoms with Crippen molar-refractivity contribution in [3.8, 4) is 5.88 Å². The fourth-order valence-corrected chi connectivity index (χ4v) is 1.86. The van der Waals surface area contributed by atoms with Gasteiger partial charge in [-0.2, -0.15) is 4.98 Å². The first-order valence-electron chi connectivity index (χ1n) is 4.67. The van der Waals surface area contributed by atoms with E-state index in [9.17, 15) is 9.90 Å². The standard InChI is InChI=1S/C11H9BrN2O2/c12-8-3-1-2-7(4-8)5-9-13-10(15)6-11(16)14-9/h1-4,6H,5H2,(H2,13,14,15,16). The van der Waals surface area contributed by atoms with Crippen molar-refractivity contribution in [3.05, 3.63) is 56.5 Å². The smallest absolute Gasteiger partial charge is 0.254 e. The van der Waals surface area contributed by atoms with Crippen molar-refractivity contribution in [2.24, 2.45) is 0 Å². The van der Waals surface area contributed by atoms with E-state index in [1.54, 1.807) is 0 Å². The predicted octanol–water partition coefficient (Wildman–Crippen LogP) is 1.83. The van der Waals surface area contributed by atoms with E-state index in [0.29, 0.717) is 12.2 Å². The molecule has 2 rings (SSSR count). The van der Waals surface area contributed by atoms with Gasteiger partial charge in [-0.3, -0.25) is 4.79 Å². The van der Waals surface area contributed by atoms with Crippen LogP contribution in [0.15, 0.2) is 39.6 Å². The Morgan fingerprint density at radius 1 is 1.38 bits per heavy atom. The molecule has 0 bridgehead atoms. The van der Waals surface area contributed by atoms with Gasteiger partial charge in [0.15, 0.2) is 0 Å². The number of halogens is 1. The van der Waals surface area contributed by atoms with E-state index in [1.807, 2.05) is 24.3 Å². The molecule has 1 aromatic carbocycles. The average Bonchev–Trinajstić information content (AvgIpc) is 2.15. The molecule has 0 radical (unpaired) electrons. The van der Waals surface area contributed by atoms with Gasteiger partial charge in [-0.25, -0.2) is 0 Å². The summed E-state index contributed by atoms with van der Waals surface area (Å²) in [6.07, 6.45) is 0.475. The molecule has 0 saturated carbocycles. The number of aromatic hydroxyl groups is 1. The minimum absolute atomic E-state index is 0.256. The predicted molar refractivity (Wildman–Crippen MR) is 63.5 cm³/mol. The zero-order chi connectivity index (χ0) is 11.5. The van der Waals surface area contributed by atoms with Gasteiger partial charge in [0.05, 0.1) is 6.07 Å². The molecule has 2 N–H and O–H groups in total. The van der Waals surface area contributed by atoms with Crippen LogP contribution >= 0.6 is 15.9 Å². The third-order valence-corrected chi connectivity index (χ3v) is 2.53. The normalized spacial score (nSPS) is 10.3. The van der Waals surface area contributed by atoms with Crippen molar-refractivity contribution in [1.29, 1.82) is 0 Å². The summed E-state index contributed by atoms with van der Waals surface area (Å²) in [6.45, 7) is 0. The van der Waals surface area contributed by atoms with Gasteiger partial charge in [0, 0.05) is 10.9 Å². The molecule has 0 saturated heterocycles. The quantitative estimate of drug-likeness (QED) is 0.882. The van der Waals surface area contributed by atoms with Crippen LogP contribution in [0.1, 0.15) is 11.4 Å². The number of hydrogen-bond acceptors (Lipinski definition) is 3. The maximum atomic E-state index is 11.1. The number of nitrogens with one attached hydrogen (secondary N) is 1. The minimum Gasteiger partial charge on any atom is -0.493 e. The number of benzene rings is 1. The number of aromatic amines is 1. The molecule has 0 spiro atoms. The fourth-order valence-electron chi connectivity index (χ4n) is 1.42. The van der Waals surface area contributed by atoms with Crippen LogP contribution in [0.5, 0.6) is 5.88 Å². The van der Waals surface area contributed by atoms with E-state index in [2.05, 4.69) is 25.9 Å². The van der Waals surface area contributed by atoms with Crippen LogP contribution in [0.2, 0.25) is 0 Å². The molecule has 0 aliphatic heterocycles. The molecule has 5 heteroatoms. The van der Waals surface area contributed by atoms with Crippen molar-refractivity contribution >= 4 is 15.9 Å². The van der Waals surface area contributed by atoms with E-state index < -0.39 is 0 Å². The third-order valence-electron chi connectivity index (χ3n) is 2.04. The van der Waals surface area contributed by atoms with Crippen LogP contribution in [0, 0.1) is 0 Å². The first-order chi connectivity index (χ1) is 7.63. The highest BCUT2D eigenvalue weighted by Crippen LogP contribution is 2.13. The number of aromatic nitrogens is 2. The summed E-state index contributed by atoms with van der Waals surface area (Å²) >= 11 is 3.36. The Bertz CT molecular complexity index is 566. The molecule has 0 fully saturated rings. The van der Waals surface area contributed by atoms with Crippen LogP contribution in [0.25, 0.3) is 0 Å². The Morgan fingerprint density at radius 2 is 2.19 bits per heavy atom. The molecular formula is C11H9BrN2O2. The van der Waals surface area contributed by atoms with E-state index >= 15 is 0 Å². The van der Waals surface area contributed by atoms with Crippen molar-refractivity contribution in [2.75, 3.05) is 0 Å². The monoisotopic (exact) mass is 280 g/mol. The second kappa shape index (κ2) is 4.49. The van der Waals surface area contributed by atoms with E-state index in [4.69, 9.17) is 0 Å². The lowest BCUT2D eigenvalue weighted by Gasteiger charge is -2.01. The summed E-state index contributed by atoms with van der Waals surface area (Å²) in [7, 11) is 0. The van der Waals surface area contributed by atoms with Crippen LogP contribution in [0.3, 0.4) is 0 Å². The summed E-state index contributed by atoms with van der Waals surface area (Å²) in [6, 6.07) is 8.73. The Hall–Kier alpha value is -1.62. The Balaban J connectivity index is 2.30. The lowest BCUT2D eigenvalue weighted by Crippen LogP contribution is -2.09. The van der Waals surface area contributed by atoms with E-state index in [-0.39, 0.29) is 11.4 Å². The van der Waals surface area contributed by atoms with Gasteiger partial charge < -0.3 is 10.1 Å². The van der Waals surface area contributed by atoms with Gasteiger partial charge in [0.1, 0.15) is 5.82 Å². The largest absolute Gasteiger partial charge is 0.493 e. The van der Waals surface area contributed by atoms with Crippen LogP contribution in [-0.4, -0.2) is 15.1 Å². The average molecular weight is 281 g/mol. The highest BCUT2D eigenvalue weighted by atomic mass is 79.9. The Morgan fingerprint density at radius 3 is 2.88 bits per heavy atom. The maximum absolute atomic E-state index is 11.1. The van der Waals surface area contributed by atoms with Crippen molar-refractivity contribution in [2.45, 2.75) is 6.42 Å². The van der Waals surface area contributed by atoms with Crippen LogP contribution < -0.4 is 5.56 Å². The first kappa shape index (κ1) is 10.9. The Labute approximate surface area is 100 Å². The molecule has 82 valence electrons. The molecule has 16 heavy (non-hydrogen) atoms. The number of rotatable bonds is 2. The van der Waals surface area contributed by atoms with Gasteiger partial charge in [0.2, 0.25) is 5.88 Å². The molecule has 0 aliphatic rings. The van der Waals surface area contributed by atoms with Crippen LogP contribution in [-0.2, 0) is 6.42 Å². The summed E-state index contributed by atoms with van der Waals surface area (Å²) in [4.78, 5) is 17.5. The summed E-state index contributed by atoms with van der Waals surface area (Å²) < 4.78 is 0.965. The van der Waals surface area contributed by atoms with Gasteiger partial charge in [0.25, 0.3) is 5.56 Å². The molecule has 1 aromatic heterocycles. The molecule has 0 aliphatic carbocycles. The number of H-pyrrole nitrogens is 1.